The van der Waals surface area contributed by atoms with Crippen LogP contribution in [0.4, 0.5) is 0 Å². The highest BCUT2D eigenvalue weighted by Crippen LogP contribution is 2.22. The molecule has 1 aliphatic rings. The average Bonchev–Trinajstić information content (AvgIpc) is 2.75. The van der Waals surface area contributed by atoms with Gasteiger partial charge in [-0.25, -0.2) is 17.9 Å². The van der Waals surface area contributed by atoms with Crippen molar-refractivity contribution in [3.8, 4) is 0 Å². The van der Waals surface area contributed by atoms with Gasteiger partial charge in [0.1, 0.15) is 0 Å². The van der Waals surface area contributed by atoms with Gasteiger partial charge >= 0.3 is 5.69 Å². The summed E-state index contributed by atoms with van der Waals surface area (Å²) in [5.74, 6) is -0.0908. The van der Waals surface area contributed by atoms with Gasteiger partial charge in [-0.2, -0.15) is 0 Å². The molecule has 0 bridgehead atoms. The van der Waals surface area contributed by atoms with Crippen molar-refractivity contribution >= 4 is 26.8 Å². The van der Waals surface area contributed by atoms with Crippen LogP contribution < -0.4 is 16.0 Å². The van der Waals surface area contributed by atoms with E-state index in [1.807, 2.05) is 0 Å². The number of nitrogens with zero attached hydrogens (tertiary/aromatic N) is 3. The first kappa shape index (κ1) is 22.2. The fraction of sp³-hybridized carbons (Fsp3) is 0.550. The molecule has 3 rings (SSSR count). The summed E-state index contributed by atoms with van der Waals surface area (Å²) in [5.41, 5.74) is -0.692. The molecule has 0 aliphatic heterocycles. The Kier molecular flexibility index (Phi) is 6.47. The number of rotatable bonds is 6. The number of nitrogens with one attached hydrogen (secondary N) is 1. The number of carbonyl (C=O) groups excluding carboxylic acids is 1. The van der Waals surface area contributed by atoms with Gasteiger partial charge in [-0.05, 0) is 31.0 Å². The lowest BCUT2D eigenvalue weighted by Crippen LogP contribution is -2.40. The number of amides is 1. The average molecular weight is 437 g/mol. The summed E-state index contributed by atoms with van der Waals surface area (Å²) in [7, 11) is 0.731. The van der Waals surface area contributed by atoms with Crippen molar-refractivity contribution in [2.75, 3.05) is 13.6 Å². The lowest BCUT2D eigenvalue weighted by molar-refractivity contribution is -0.132. The maximum atomic E-state index is 12.7. The third-order valence-electron chi connectivity index (χ3n) is 5.90. The topological polar surface area (TPSA) is 110 Å². The van der Waals surface area contributed by atoms with Gasteiger partial charge in [-0.3, -0.25) is 18.7 Å². The van der Waals surface area contributed by atoms with Crippen molar-refractivity contribution in [2.45, 2.75) is 49.5 Å². The first-order valence-electron chi connectivity index (χ1n) is 10.1. The lowest BCUT2D eigenvalue weighted by Gasteiger charge is -2.31. The van der Waals surface area contributed by atoms with Crippen molar-refractivity contribution in [1.82, 2.24) is 18.8 Å². The minimum absolute atomic E-state index is 0.0262. The summed E-state index contributed by atoms with van der Waals surface area (Å²) < 4.78 is 30.0. The zero-order valence-corrected chi connectivity index (χ0v) is 18.4. The van der Waals surface area contributed by atoms with Crippen LogP contribution in [0, 0.1) is 0 Å². The maximum absolute atomic E-state index is 12.7. The van der Waals surface area contributed by atoms with E-state index in [1.54, 1.807) is 11.9 Å². The van der Waals surface area contributed by atoms with Crippen LogP contribution in [0.2, 0.25) is 0 Å². The predicted octanol–water partition coefficient (Wildman–Crippen LogP) is 0.697. The second kappa shape index (κ2) is 8.73. The molecule has 0 atom stereocenters. The van der Waals surface area contributed by atoms with Crippen LogP contribution in [-0.2, 0) is 28.9 Å². The number of benzene rings is 1. The lowest BCUT2D eigenvalue weighted by atomic mass is 9.94. The molecular formula is C20H28N4O5S. The smallest absolute Gasteiger partial charge is 0.330 e. The molecule has 1 aromatic heterocycles. The predicted molar refractivity (Wildman–Crippen MR) is 114 cm³/mol. The minimum Gasteiger partial charge on any atom is -0.343 e. The Morgan fingerprint density at radius 2 is 1.80 bits per heavy atom. The molecule has 10 heteroatoms. The second-order valence-corrected chi connectivity index (χ2v) is 9.60. The van der Waals surface area contributed by atoms with E-state index in [9.17, 15) is 22.8 Å². The van der Waals surface area contributed by atoms with Gasteiger partial charge in [0.2, 0.25) is 15.9 Å². The Hall–Kier alpha value is -2.46. The van der Waals surface area contributed by atoms with E-state index in [4.69, 9.17) is 0 Å². The Morgan fingerprint density at radius 1 is 1.13 bits per heavy atom. The highest BCUT2D eigenvalue weighted by atomic mass is 32.2. The molecule has 1 fully saturated rings. The van der Waals surface area contributed by atoms with E-state index >= 15 is 0 Å². The molecule has 1 heterocycles. The Labute approximate surface area is 175 Å². The molecule has 9 nitrogen and oxygen atoms in total. The fourth-order valence-corrected chi connectivity index (χ4v) is 5.02. The minimum atomic E-state index is -3.91. The standard InChI is InChI=1S/C20H28N4O5S/c1-22(14-7-5-4-6-8-14)18(25)11-12-21-30(28,29)15-9-10-17-16(13-15)19(26)24(3)20(27)23(17)2/h9-10,13-14,21H,4-8,11-12H2,1-3H3. The Bertz CT molecular complexity index is 1180. The SMILES string of the molecule is CN(C(=O)CCNS(=O)(=O)c1ccc2c(c1)c(=O)n(C)c(=O)n2C)C1CCCCC1. The molecule has 0 radical (unpaired) electrons. The summed E-state index contributed by atoms with van der Waals surface area (Å²) in [6, 6.07) is 4.27. The van der Waals surface area contributed by atoms with Crippen LogP contribution in [0.3, 0.4) is 0 Å². The van der Waals surface area contributed by atoms with Gasteiger partial charge in [-0.15, -0.1) is 0 Å². The summed E-state index contributed by atoms with van der Waals surface area (Å²) in [4.78, 5) is 38.5. The molecule has 1 amide bonds. The van der Waals surface area contributed by atoms with E-state index < -0.39 is 21.3 Å². The molecule has 1 saturated carbocycles. The third-order valence-corrected chi connectivity index (χ3v) is 7.35. The molecule has 30 heavy (non-hydrogen) atoms. The quantitative estimate of drug-likeness (QED) is 0.717. The number of carbonyl (C=O) groups is 1. The monoisotopic (exact) mass is 436 g/mol. The van der Waals surface area contributed by atoms with Gasteiger partial charge in [-0.1, -0.05) is 19.3 Å². The zero-order valence-electron chi connectivity index (χ0n) is 17.6. The number of hydrogen-bond donors (Lipinski definition) is 1. The van der Waals surface area contributed by atoms with Gasteiger partial charge in [0.25, 0.3) is 5.56 Å². The van der Waals surface area contributed by atoms with Gasteiger partial charge in [0.15, 0.2) is 0 Å². The van der Waals surface area contributed by atoms with Crippen molar-refractivity contribution in [3.05, 3.63) is 39.0 Å². The fourth-order valence-electron chi connectivity index (χ4n) is 3.97. The van der Waals surface area contributed by atoms with Crippen LogP contribution in [0.1, 0.15) is 38.5 Å². The summed E-state index contributed by atoms with van der Waals surface area (Å²) in [6.07, 6.45) is 5.46. The second-order valence-electron chi connectivity index (χ2n) is 7.83. The summed E-state index contributed by atoms with van der Waals surface area (Å²) >= 11 is 0. The van der Waals surface area contributed by atoms with Crippen LogP contribution >= 0.6 is 0 Å². The van der Waals surface area contributed by atoms with Crippen molar-refractivity contribution in [1.29, 1.82) is 0 Å². The van der Waals surface area contributed by atoms with Gasteiger partial charge in [0, 0.05) is 40.2 Å². The molecule has 1 aliphatic carbocycles. The summed E-state index contributed by atoms with van der Waals surface area (Å²) in [5, 5.41) is 0.135. The molecule has 2 aromatic rings. The normalized spacial score (nSPS) is 15.4. The molecule has 164 valence electrons. The number of fused-ring (bicyclic) bond motifs is 1. The maximum Gasteiger partial charge on any atom is 0.330 e. The van der Waals surface area contributed by atoms with Crippen LogP contribution in [0.5, 0.6) is 0 Å². The molecule has 0 unspecified atom stereocenters. The molecule has 0 saturated heterocycles. The van der Waals surface area contributed by atoms with E-state index in [1.165, 1.54) is 43.3 Å². The molecule has 0 spiro atoms. The third kappa shape index (κ3) is 4.34. The zero-order chi connectivity index (χ0) is 22.1. The van der Waals surface area contributed by atoms with Crippen molar-refractivity contribution in [2.24, 2.45) is 14.1 Å². The van der Waals surface area contributed by atoms with E-state index in [0.29, 0.717) is 5.52 Å². The molecular weight excluding hydrogens is 408 g/mol. The number of aryl methyl sites for hydroxylation is 1. The largest absolute Gasteiger partial charge is 0.343 e. The van der Waals surface area contributed by atoms with E-state index in [-0.39, 0.29) is 35.2 Å². The number of hydrogen-bond acceptors (Lipinski definition) is 5. The Morgan fingerprint density at radius 3 is 2.47 bits per heavy atom. The van der Waals surface area contributed by atoms with E-state index in [2.05, 4.69) is 4.72 Å². The molecule has 1 N–H and O–H groups in total. The van der Waals surface area contributed by atoms with Gasteiger partial charge in [0.05, 0.1) is 15.8 Å². The number of aromatic nitrogens is 2. The highest BCUT2D eigenvalue weighted by Gasteiger charge is 2.23. The van der Waals surface area contributed by atoms with Crippen molar-refractivity contribution in [3.63, 3.8) is 0 Å². The van der Waals surface area contributed by atoms with Crippen LogP contribution in [0.25, 0.3) is 10.9 Å². The Balaban J connectivity index is 1.72. The van der Waals surface area contributed by atoms with E-state index in [0.717, 1.165) is 30.3 Å². The summed E-state index contributed by atoms with van der Waals surface area (Å²) in [6.45, 7) is -0.0262. The number of sulfonamides is 1. The van der Waals surface area contributed by atoms with Crippen LogP contribution in [0.15, 0.2) is 32.7 Å². The van der Waals surface area contributed by atoms with Crippen LogP contribution in [-0.4, -0.2) is 48.0 Å². The molecule has 1 aromatic carbocycles. The first-order chi connectivity index (χ1) is 14.1. The highest BCUT2D eigenvalue weighted by molar-refractivity contribution is 7.89. The van der Waals surface area contributed by atoms with Crippen molar-refractivity contribution < 1.29 is 13.2 Å². The van der Waals surface area contributed by atoms with Gasteiger partial charge < -0.3 is 4.90 Å². The first-order valence-corrected chi connectivity index (χ1v) is 11.6.